The molecule has 24 nitrogen and oxygen atoms in total. The number of allylic oxidation sites excluding steroid dienone is 24. The number of β-amino-alcohol motifs (C(OH)–C–C–N with tert-alkyl or cyclic N) is 6. The Morgan fingerprint density at radius 1 is 0.206 bits per heavy atom. The number of rotatable bonds is 72. The molecule has 0 saturated carbocycles. The van der Waals surface area contributed by atoms with Crippen molar-refractivity contribution in [1.29, 1.82) is 0 Å². The van der Waals surface area contributed by atoms with Crippen LogP contribution in [0.2, 0.25) is 0 Å². The lowest BCUT2D eigenvalue weighted by molar-refractivity contribution is -0.148. The highest BCUT2D eigenvalue weighted by Crippen LogP contribution is 2.13. The van der Waals surface area contributed by atoms with E-state index in [-0.39, 0.29) is 196 Å². The molecule has 0 amide bonds. The number of hydrogen-bond donors (Lipinski definition) is 6. The molecule has 1 rings (SSSR count). The summed E-state index contributed by atoms with van der Waals surface area (Å²) in [7, 11) is 0. The lowest BCUT2D eigenvalue weighted by atomic mass is 10.2. The van der Waals surface area contributed by atoms with Gasteiger partial charge in [0.2, 0.25) is 0 Å². The van der Waals surface area contributed by atoms with E-state index in [4.69, 9.17) is 28.4 Å². The molecule has 720 valence electrons. The molecule has 1 heterocycles. The van der Waals surface area contributed by atoms with Crippen LogP contribution < -0.4 is 0 Å². The van der Waals surface area contributed by atoms with Crippen LogP contribution in [0.1, 0.15) is 273 Å². The number of hydrogen-bond acceptors (Lipinski definition) is 24. The number of unbranched alkanes of at least 4 members (excludes halogenated alkanes) is 12. The van der Waals surface area contributed by atoms with Gasteiger partial charge in [-0.2, -0.15) is 0 Å². The number of carbonyl (C=O) groups excluding carboxylic acids is 6. The van der Waals surface area contributed by atoms with Crippen molar-refractivity contribution in [1.82, 2.24) is 29.4 Å². The molecule has 0 aromatic rings. The Hall–Kier alpha value is -6.78. The zero-order valence-electron chi connectivity index (χ0n) is 79.0. The van der Waals surface area contributed by atoms with Crippen LogP contribution in [0, 0.1) is 0 Å². The minimum absolute atomic E-state index is 0.0237. The second-order valence-electron chi connectivity index (χ2n) is 33.0. The zero-order chi connectivity index (χ0) is 92.0. The van der Waals surface area contributed by atoms with Gasteiger partial charge in [0.1, 0.15) is 76.3 Å². The minimum atomic E-state index is -1.16. The van der Waals surface area contributed by atoms with E-state index < -0.39 is 72.4 Å². The molecule has 1 aliphatic heterocycles. The highest BCUT2D eigenvalue weighted by molar-refractivity contribution is 5.71. The lowest BCUT2D eigenvalue weighted by Gasteiger charge is -2.36. The van der Waals surface area contributed by atoms with Gasteiger partial charge in [-0.3, -0.25) is 58.2 Å². The molecule has 0 spiro atoms. The Labute approximate surface area is 761 Å². The van der Waals surface area contributed by atoms with Crippen LogP contribution in [0.25, 0.3) is 0 Å². The van der Waals surface area contributed by atoms with Gasteiger partial charge in [-0.15, -0.1) is 0 Å². The Morgan fingerprint density at radius 2 is 0.325 bits per heavy atom. The highest BCUT2D eigenvalue weighted by atomic mass is 16.6. The van der Waals surface area contributed by atoms with Crippen LogP contribution in [0.3, 0.4) is 0 Å². The van der Waals surface area contributed by atoms with E-state index in [1.54, 1.807) is 0 Å². The maximum Gasteiger partial charge on any atom is 0.306 e. The van der Waals surface area contributed by atoms with Crippen LogP contribution in [0.5, 0.6) is 0 Å². The largest absolute Gasteiger partial charge is 0.463 e. The normalized spacial score (nSPS) is 16.7. The van der Waals surface area contributed by atoms with Crippen molar-refractivity contribution in [3.8, 4) is 0 Å². The predicted octanol–water partition coefficient (Wildman–Crippen LogP) is 16.1. The summed E-state index contributed by atoms with van der Waals surface area (Å²) in [6, 6.07) is 0. The van der Waals surface area contributed by atoms with Crippen molar-refractivity contribution in [2.75, 3.05) is 157 Å². The first-order valence-electron chi connectivity index (χ1n) is 48.5. The topological polar surface area (TPSA) is 299 Å². The maximum atomic E-state index is 13.2. The third kappa shape index (κ3) is 77.2. The molecule has 6 N–H and O–H groups in total. The lowest BCUT2D eigenvalue weighted by Crippen LogP contribution is -2.51. The van der Waals surface area contributed by atoms with Gasteiger partial charge in [0.15, 0.2) is 0 Å². The molecule has 24 heteroatoms. The number of esters is 6. The summed E-state index contributed by atoms with van der Waals surface area (Å²) in [5, 5.41) is 71.4. The van der Waals surface area contributed by atoms with Gasteiger partial charge in [0.25, 0.3) is 0 Å². The summed E-state index contributed by atoms with van der Waals surface area (Å²) in [4.78, 5) is 91.6. The zero-order valence-corrected chi connectivity index (χ0v) is 79.0. The fourth-order valence-corrected chi connectivity index (χ4v) is 13.3. The first kappa shape index (κ1) is 117. The van der Waals surface area contributed by atoms with Crippen LogP contribution in [0.15, 0.2) is 146 Å². The molecule has 0 aromatic heterocycles. The predicted molar refractivity (Wildman–Crippen MR) is 510 cm³/mol. The van der Waals surface area contributed by atoms with E-state index in [2.05, 4.69) is 114 Å². The Balaban J connectivity index is 4.16. The SMILES string of the molecule is CCCC/C=C\C/C=C\CCC(=O)OCC(O)CN1CCN(CC(O)COC(=O)CC/C=C\C/C=C\CCCC)CCN(CC(O)COC(=O)CC/C=C\C/C=C\CCCC)CCN(CC(O)COC(=O)CC/C=C\C/C=C\CCCC)CCN(CC(O)COC(=O)CC/C=C\C/C=C\CCCC)CCN(CC(O)COC(=O)CC/C=C\C/C=C\CCCC)CC1. The van der Waals surface area contributed by atoms with Crippen molar-refractivity contribution in [2.45, 2.75) is 309 Å². The molecule has 0 aromatic carbocycles. The molecule has 0 radical (unpaired) electrons. The van der Waals surface area contributed by atoms with Gasteiger partial charge in [0.05, 0.1) is 0 Å². The van der Waals surface area contributed by atoms with Gasteiger partial charge >= 0.3 is 35.8 Å². The van der Waals surface area contributed by atoms with Crippen molar-refractivity contribution < 1.29 is 87.8 Å². The van der Waals surface area contributed by atoms with Crippen molar-refractivity contribution >= 4 is 35.8 Å². The Bertz CT molecular complexity index is 2520. The second kappa shape index (κ2) is 86.3. The van der Waals surface area contributed by atoms with Crippen molar-refractivity contribution in [3.05, 3.63) is 146 Å². The van der Waals surface area contributed by atoms with Gasteiger partial charge in [-0.1, -0.05) is 264 Å². The fraction of sp³-hybridized carbons (Fsp3) is 0.706. The van der Waals surface area contributed by atoms with Gasteiger partial charge in [0, 0.05) is 156 Å². The first-order valence-corrected chi connectivity index (χ1v) is 48.5. The average Bonchev–Trinajstić information content (AvgIpc) is 0.880. The highest BCUT2D eigenvalue weighted by Gasteiger charge is 2.26. The molecule has 0 aliphatic carbocycles. The van der Waals surface area contributed by atoms with E-state index in [9.17, 15) is 59.4 Å². The fourth-order valence-electron chi connectivity index (χ4n) is 13.3. The molecule has 0 bridgehead atoms. The van der Waals surface area contributed by atoms with E-state index in [1.165, 1.54) is 0 Å². The Morgan fingerprint density at radius 3 is 0.444 bits per heavy atom. The summed E-state index contributed by atoms with van der Waals surface area (Å²) in [6.45, 7) is 14.5. The van der Waals surface area contributed by atoms with E-state index in [0.717, 1.165) is 154 Å². The maximum absolute atomic E-state index is 13.2. The molecule has 1 fully saturated rings. The molecule has 6 atom stereocenters. The monoisotopic (exact) mass is 1770 g/mol. The number of carbonyl (C=O) groups is 6. The van der Waals surface area contributed by atoms with Crippen LogP contribution in [0.4, 0.5) is 0 Å². The molecule has 126 heavy (non-hydrogen) atoms. The minimum Gasteiger partial charge on any atom is -0.463 e. The van der Waals surface area contributed by atoms with E-state index in [0.29, 0.717) is 38.5 Å². The summed E-state index contributed by atoms with van der Waals surface area (Å²) >= 11 is 0. The smallest absolute Gasteiger partial charge is 0.306 e. The summed E-state index contributed by atoms with van der Waals surface area (Å²) in [6.07, 6.45) is 70.1. The third-order valence-corrected chi connectivity index (χ3v) is 20.9. The summed E-state index contributed by atoms with van der Waals surface area (Å²) in [5.74, 6) is -2.79. The van der Waals surface area contributed by atoms with Crippen LogP contribution in [-0.2, 0) is 57.2 Å². The standard InChI is InChI=1S/C102H174N6O18/c1-7-13-19-25-31-37-43-49-55-61-97(115)121-85-91(109)79-103-67-69-104(80-92(110)86-122-98(116)62-56-50-44-38-32-26-20-14-8-2)71-73-106(82-94(112)88-124-100(118)64-58-52-46-40-34-28-22-16-10-4)75-77-108(84-96(114)90-126-102(120)66-60-54-48-42-36-30-24-18-12-6)78-76-107(83-95(113)89-125-101(119)65-59-53-47-41-35-29-23-17-11-5)74-72-105(70-68-103)81-93(111)87-123-99(117)63-57-51-45-39-33-27-21-15-9-3/h25-36,43-54,91-96,109-114H,7-24,37-42,55-90H2,1-6H3/b31-25-,32-26-,33-27-,34-28-,35-29-,36-30-,49-43-,50-44-,51-45-,52-46-,53-47-,54-48-. The molecule has 1 aliphatic rings. The second-order valence-corrected chi connectivity index (χ2v) is 33.0. The van der Waals surface area contributed by atoms with E-state index >= 15 is 0 Å². The molecular weight excluding hydrogens is 1600 g/mol. The number of nitrogens with zero attached hydrogens (tertiary/aromatic N) is 6. The Kier molecular flexibility index (Phi) is 80.3. The number of ether oxygens (including phenoxy) is 6. The van der Waals surface area contributed by atoms with Crippen molar-refractivity contribution in [2.24, 2.45) is 0 Å². The van der Waals surface area contributed by atoms with Gasteiger partial charge in [-0.05, 0) is 116 Å². The van der Waals surface area contributed by atoms with Gasteiger partial charge < -0.3 is 59.1 Å². The number of aliphatic hydroxyl groups is 6. The van der Waals surface area contributed by atoms with E-state index in [1.807, 2.05) is 102 Å². The van der Waals surface area contributed by atoms with Crippen LogP contribution >= 0.6 is 0 Å². The third-order valence-electron chi connectivity index (χ3n) is 20.9. The quantitative estimate of drug-likeness (QED) is 0.0143. The average molecular weight is 1770 g/mol. The number of aliphatic hydroxyl groups excluding tert-OH is 6. The molecule has 1 saturated heterocycles. The summed E-state index contributed by atoms with van der Waals surface area (Å²) in [5.41, 5.74) is 0. The van der Waals surface area contributed by atoms with Gasteiger partial charge in [-0.25, -0.2) is 0 Å². The molecular formula is C102H174N6O18. The van der Waals surface area contributed by atoms with Crippen LogP contribution in [-0.4, -0.2) is 290 Å². The first-order chi connectivity index (χ1) is 61.3. The summed E-state index contributed by atoms with van der Waals surface area (Å²) < 4.78 is 34.2. The van der Waals surface area contributed by atoms with Crippen molar-refractivity contribution in [3.63, 3.8) is 0 Å². The molecule has 6 unspecified atom stereocenters.